The van der Waals surface area contributed by atoms with E-state index in [1.54, 1.807) is 18.2 Å². The number of ketones is 1. The van der Waals surface area contributed by atoms with Gasteiger partial charge in [-0.2, -0.15) is 0 Å². The van der Waals surface area contributed by atoms with E-state index in [0.29, 0.717) is 22.2 Å². The van der Waals surface area contributed by atoms with Gasteiger partial charge in [0, 0.05) is 42.0 Å². The van der Waals surface area contributed by atoms with Crippen LogP contribution in [-0.2, 0) is 11.2 Å². The minimum atomic E-state index is -0.485. The largest absolute Gasteiger partial charge is 0.508 e. The number of aromatic hydroxyl groups is 1. The first kappa shape index (κ1) is 23.5. The first-order valence-corrected chi connectivity index (χ1v) is 10.2. The molecule has 2 aromatic rings. The molecule has 0 unspecified atom stereocenters. The van der Waals surface area contributed by atoms with Crippen molar-refractivity contribution in [2.75, 3.05) is 19.8 Å². The molecule has 0 atom stereocenters. The summed E-state index contributed by atoms with van der Waals surface area (Å²) < 4.78 is 5.48. The molecule has 0 fully saturated rings. The Kier molecular flexibility index (Phi) is 8.78. The molecule has 7 heteroatoms. The highest BCUT2D eigenvalue weighted by atomic mass is 35.5. The first-order chi connectivity index (χ1) is 13.7. The molecule has 0 saturated heterocycles. The maximum absolute atomic E-state index is 11.9. The van der Waals surface area contributed by atoms with Gasteiger partial charge in [-0.05, 0) is 40.8 Å². The van der Waals surface area contributed by atoms with Crippen molar-refractivity contribution in [2.45, 2.75) is 32.6 Å². The topological polar surface area (TPSA) is 87.0 Å². The Morgan fingerprint density at radius 1 is 1.07 bits per heavy atom. The Bertz CT molecular complexity index is 824. The SMILES string of the molecule is CC(C)c1cc(Cc2c(Cl)cc(OCC(=O)CC(CO)CO)cc2Cl)ccc1O. The highest BCUT2D eigenvalue weighted by Gasteiger charge is 2.15. The molecule has 0 aliphatic heterocycles. The minimum absolute atomic E-state index is 0.0333. The lowest BCUT2D eigenvalue weighted by Crippen LogP contribution is -2.20. The van der Waals surface area contributed by atoms with Gasteiger partial charge in [-0.3, -0.25) is 4.79 Å². The third-order valence-corrected chi connectivity index (χ3v) is 5.32. The molecule has 0 aliphatic carbocycles. The smallest absolute Gasteiger partial charge is 0.170 e. The second kappa shape index (κ2) is 10.8. The molecule has 5 nitrogen and oxygen atoms in total. The van der Waals surface area contributed by atoms with Crippen LogP contribution < -0.4 is 4.74 Å². The molecule has 3 N–H and O–H groups in total. The minimum Gasteiger partial charge on any atom is -0.508 e. The van der Waals surface area contributed by atoms with E-state index in [9.17, 15) is 9.90 Å². The van der Waals surface area contributed by atoms with Crippen molar-refractivity contribution in [3.63, 3.8) is 0 Å². The maximum Gasteiger partial charge on any atom is 0.170 e. The zero-order valence-corrected chi connectivity index (χ0v) is 18.0. The Hall–Kier alpha value is -1.79. The van der Waals surface area contributed by atoms with Crippen molar-refractivity contribution in [2.24, 2.45) is 5.92 Å². The van der Waals surface area contributed by atoms with Gasteiger partial charge < -0.3 is 20.1 Å². The van der Waals surface area contributed by atoms with Gasteiger partial charge in [0.25, 0.3) is 0 Å². The summed E-state index contributed by atoms with van der Waals surface area (Å²) in [6.07, 6.45) is 0.525. The lowest BCUT2D eigenvalue weighted by molar-refractivity contribution is -0.122. The molecule has 2 aromatic carbocycles. The molecular formula is C22H26Cl2O5. The third-order valence-electron chi connectivity index (χ3n) is 4.64. The molecule has 29 heavy (non-hydrogen) atoms. The number of halogens is 2. The maximum atomic E-state index is 11.9. The predicted molar refractivity (Wildman–Crippen MR) is 114 cm³/mol. The molecule has 0 radical (unpaired) electrons. The van der Waals surface area contributed by atoms with E-state index < -0.39 is 5.92 Å². The summed E-state index contributed by atoms with van der Waals surface area (Å²) >= 11 is 12.8. The van der Waals surface area contributed by atoms with Crippen LogP contribution in [0.2, 0.25) is 10.0 Å². The molecule has 0 aromatic heterocycles. The van der Waals surface area contributed by atoms with E-state index in [0.717, 1.165) is 16.7 Å². The fraction of sp³-hybridized carbons (Fsp3) is 0.409. The monoisotopic (exact) mass is 440 g/mol. The van der Waals surface area contributed by atoms with Gasteiger partial charge in [0.15, 0.2) is 5.78 Å². The van der Waals surface area contributed by atoms with Gasteiger partial charge in [-0.15, -0.1) is 0 Å². The summed E-state index contributed by atoms with van der Waals surface area (Å²) in [5, 5.41) is 28.9. The van der Waals surface area contributed by atoms with Crippen molar-refractivity contribution in [1.29, 1.82) is 0 Å². The lowest BCUT2D eigenvalue weighted by Gasteiger charge is -2.14. The van der Waals surface area contributed by atoms with Crippen LogP contribution in [0.25, 0.3) is 0 Å². The average Bonchev–Trinajstić information content (AvgIpc) is 2.68. The van der Waals surface area contributed by atoms with Crippen molar-refractivity contribution in [3.05, 3.63) is 57.1 Å². The molecule has 0 heterocycles. The van der Waals surface area contributed by atoms with Crippen LogP contribution in [0.3, 0.4) is 0 Å². The van der Waals surface area contributed by atoms with Crippen molar-refractivity contribution >= 4 is 29.0 Å². The molecule has 2 rings (SSSR count). The van der Waals surface area contributed by atoms with E-state index in [2.05, 4.69) is 0 Å². The van der Waals surface area contributed by atoms with Gasteiger partial charge in [0.05, 0.1) is 0 Å². The van der Waals surface area contributed by atoms with E-state index in [4.69, 9.17) is 38.2 Å². The van der Waals surface area contributed by atoms with Crippen molar-refractivity contribution < 1.29 is 24.9 Å². The van der Waals surface area contributed by atoms with Crippen molar-refractivity contribution in [3.8, 4) is 11.5 Å². The van der Waals surface area contributed by atoms with Gasteiger partial charge in [-0.1, -0.05) is 49.2 Å². The van der Waals surface area contributed by atoms with Crippen LogP contribution in [0.15, 0.2) is 30.3 Å². The van der Waals surface area contributed by atoms with E-state index in [1.165, 1.54) is 0 Å². The van der Waals surface area contributed by atoms with Crippen LogP contribution >= 0.6 is 23.2 Å². The lowest BCUT2D eigenvalue weighted by atomic mass is 9.96. The number of hydrogen-bond donors (Lipinski definition) is 3. The number of rotatable bonds is 10. The first-order valence-electron chi connectivity index (χ1n) is 9.41. The highest BCUT2D eigenvalue weighted by molar-refractivity contribution is 6.36. The van der Waals surface area contributed by atoms with Gasteiger partial charge in [0.2, 0.25) is 0 Å². The number of aliphatic hydroxyl groups is 2. The molecule has 0 aliphatic rings. The Balaban J connectivity index is 2.10. The molecule has 0 saturated carbocycles. The summed E-state index contributed by atoms with van der Waals surface area (Å²) in [4.78, 5) is 11.9. The average molecular weight is 441 g/mol. The summed E-state index contributed by atoms with van der Waals surface area (Å²) in [6.45, 7) is 3.30. The van der Waals surface area contributed by atoms with Crippen LogP contribution in [0.5, 0.6) is 11.5 Å². The Morgan fingerprint density at radius 3 is 2.24 bits per heavy atom. The number of carbonyl (C=O) groups excluding carboxylic acids is 1. The number of ether oxygens (including phenoxy) is 1. The third kappa shape index (κ3) is 6.61. The van der Waals surface area contributed by atoms with E-state index in [1.807, 2.05) is 26.0 Å². The number of benzene rings is 2. The zero-order chi connectivity index (χ0) is 21.6. The van der Waals surface area contributed by atoms with Crippen molar-refractivity contribution in [1.82, 2.24) is 0 Å². The summed E-state index contributed by atoms with van der Waals surface area (Å²) in [5.41, 5.74) is 2.56. The summed E-state index contributed by atoms with van der Waals surface area (Å²) in [7, 11) is 0. The normalized spacial score (nSPS) is 11.3. The van der Waals surface area contributed by atoms with Gasteiger partial charge in [-0.25, -0.2) is 0 Å². The second-order valence-electron chi connectivity index (χ2n) is 7.35. The van der Waals surface area contributed by atoms with Crippen LogP contribution in [-0.4, -0.2) is 40.9 Å². The molecule has 0 amide bonds. The number of carbonyl (C=O) groups is 1. The second-order valence-corrected chi connectivity index (χ2v) is 8.17. The quantitative estimate of drug-likeness (QED) is 0.510. The number of phenolic OH excluding ortho intramolecular Hbond substituents is 1. The molecule has 158 valence electrons. The molecule has 0 spiro atoms. The fourth-order valence-electron chi connectivity index (χ4n) is 2.94. The summed E-state index contributed by atoms with van der Waals surface area (Å²) in [6, 6.07) is 8.65. The van der Waals surface area contributed by atoms with E-state index >= 15 is 0 Å². The Morgan fingerprint density at radius 2 is 1.69 bits per heavy atom. The van der Waals surface area contributed by atoms with E-state index in [-0.39, 0.29) is 43.7 Å². The van der Waals surface area contributed by atoms with Gasteiger partial charge >= 0.3 is 0 Å². The van der Waals surface area contributed by atoms with Crippen LogP contribution in [0.1, 0.15) is 42.9 Å². The molecular weight excluding hydrogens is 415 g/mol. The fourth-order valence-corrected chi connectivity index (χ4v) is 3.54. The number of aliphatic hydroxyl groups excluding tert-OH is 2. The highest BCUT2D eigenvalue weighted by Crippen LogP contribution is 2.34. The Labute approximate surface area is 180 Å². The number of hydrogen-bond acceptors (Lipinski definition) is 5. The number of Topliss-reactive ketones (excluding diaryl/α,β-unsaturated/α-hetero) is 1. The van der Waals surface area contributed by atoms with Crippen LogP contribution in [0, 0.1) is 5.92 Å². The van der Waals surface area contributed by atoms with Gasteiger partial charge in [0.1, 0.15) is 18.1 Å². The number of phenols is 1. The standard InChI is InChI=1S/C22H26Cl2O5/c1-13(2)18-6-14(3-4-22(18)28)7-19-20(23)8-17(9-21(19)24)29-12-16(27)5-15(10-25)11-26/h3-4,6,8-9,13,15,25-26,28H,5,7,10-12H2,1-2H3. The molecule has 0 bridgehead atoms. The van der Waals surface area contributed by atoms with Crippen LogP contribution in [0.4, 0.5) is 0 Å². The predicted octanol–water partition coefficient (Wildman–Crippen LogP) is 4.35. The zero-order valence-electron chi connectivity index (χ0n) is 16.5. The summed E-state index contributed by atoms with van der Waals surface area (Å²) in [5.74, 6) is 0.0982.